The molecule has 0 aromatic carbocycles. The summed E-state index contributed by atoms with van der Waals surface area (Å²) in [7, 11) is 1.53. The molecule has 0 aliphatic carbocycles. The zero-order valence-corrected chi connectivity index (χ0v) is 8.57. The third-order valence-corrected chi connectivity index (χ3v) is 2.66. The molecule has 0 saturated carbocycles. The quantitative estimate of drug-likeness (QED) is 0.623. The predicted octanol–water partition coefficient (Wildman–Crippen LogP) is 0.270. The van der Waals surface area contributed by atoms with Crippen molar-refractivity contribution in [2.75, 3.05) is 7.11 Å². The highest BCUT2D eigenvalue weighted by Crippen LogP contribution is 2.36. The molecule has 1 aliphatic rings. The Hall–Kier alpha value is -0.160. The van der Waals surface area contributed by atoms with Crippen molar-refractivity contribution in [1.29, 1.82) is 0 Å². The van der Waals surface area contributed by atoms with Crippen LogP contribution in [0.25, 0.3) is 0 Å². The second kappa shape index (κ2) is 3.20. The first-order valence-corrected chi connectivity index (χ1v) is 4.44. The van der Waals surface area contributed by atoms with Crippen LogP contribution >= 0.6 is 0 Å². The van der Waals surface area contributed by atoms with Crippen LogP contribution in [0.5, 0.6) is 0 Å². The van der Waals surface area contributed by atoms with E-state index in [-0.39, 0.29) is 6.42 Å². The molecule has 1 heterocycles. The molecule has 4 heteroatoms. The molecule has 4 atom stereocenters. The molecule has 2 N–H and O–H groups in total. The third kappa shape index (κ3) is 2.02. The van der Waals surface area contributed by atoms with Gasteiger partial charge in [0.2, 0.25) is 0 Å². The Labute approximate surface area is 78.5 Å². The molecule has 78 valence electrons. The Kier molecular flexibility index (Phi) is 2.69. The lowest BCUT2D eigenvalue weighted by molar-refractivity contribution is -0.313. The molecular formula is C9H18O4. The number of aliphatic hydroxyl groups excluding tert-OH is 1. The van der Waals surface area contributed by atoms with Crippen LogP contribution in [-0.2, 0) is 9.47 Å². The van der Waals surface area contributed by atoms with Gasteiger partial charge in [0, 0.05) is 13.5 Å². The van der Waals surface area contributed by atoms with Gasteiger partial charge in [0.25, 0.3) is 0 Å². The molecule has 1 rings (SSSR count). The summed E-state index contributed by atoms with van der Waals surface area (Å²) in [6.07, 6.45) is -0.867. The van der Waals surface area contributed by atoms with Crippen molar-refractivity contribution in [3.63, 3.8) is 0 Å². The van der Waals surface area contributed by atoms with Crippen LogP contribution in [0, 0.1) is 0 Å². The number of ether oxygens (including phenoxy) is 2. The number of methoxy groups -OCH3 is 1. The summed E-state index contributed by atoms with van der Waals surface area (Å²) in [4.78, 5) is 0. The van der Waals surface area contributed by atoms with Crippen molar-refractivity contribution >= 4 is 0 Å². The number of aliphatic hydroxyl groups is 2. The number of hydrogen-bond acceptors (Lipinski definition) is 4. The molecule has 0 spiro atoms. The Bertz CT molecular complexity index is 192. The van der Waals surface area contributed by atoms with Gasteiger partial charge in [-0.2, -0.15) is 0 Å². The fourth-order valence-corrected chi connectivity index (χ4v) is 1.95. The first kappa shape index (κ1) is 10.9. The van der Waals surface area contributed by atoms with E-state index in [0.29, 0.717) is 0 Å². The average Bonchev–Trinajstić information content (AvgIpc) is 1.99. The van der Waals surface area contributed by atoms with Crippen molar-refractivity contribution in [2.24, 2.45) is 0 Å². The van der Waals surface area contributed by atoms with Gasteiger partial charge in [0.05, 0.1) is 11.7 Å². The van der Waals surface area contributed by atoms with Crippen molar-refractivity contribution < 1.29 is 19.7 Å². The summed E-state index contributed by atoms with van der Waals surface area (Å²) < 4.78 is 10.4. The van der Waals surface area contributed by atoms with Crippen molar-refractivity contribution in [2.45, 2.75) is 50.8 Å². The lowest BCUT2D eigenvalue weighted by atomic mass is 9.85. The molecule has 0 aromatic heterocycles. The summed E-state index contributed by atoms with van der Waals surface area (Å²) in [6.45, 7) is 5.06. The van der Waals surface area contributed by atoms with Crippen LogP contribution in [0.3, 0.4) is 0 Å². The van der Waals surface area contributed by atoms with E-state index in [0.717, 1.165) is 0 Å². The Morgan fingerprint density at radius 3 is 2.46 bits per heavy atom. The third-order valence-electron chi connectivity index (χ3n) is 2.66. The van der Waals surface area contributed by atoms with E-state index < -0.39 is 23.6 Å². The average molecular weight is 190 g/mol. The van der Waals surface area contributed by atoms with Crippen LogP contribution in [0.15, 0.2) is 0 Å². The molecule has 0 bridgehead atoms. The van der Waals surface area contributed by atoms with Crippen LogP contribution in [0.4, 0.5) is 0 Å². The van der Waals surface area contributed by atoms with E-state index in [1.807, 2.05) is 0 Å². The predicted molar refractivity (Wildman–Crippen MR) is 47.2 cm³/mol. The SMILES string of the molecule is CO[C@]1(C)C[C@](C)(O)O[C@@H](C)[C@@H]1O. The molecule has 0 unspecified atom stereocenters. The van der Waals surface area contributed by atoms with E-state index in [9.17, 15) is 10.2 Å². The van der Waals surface area contributed by atoms with Gasteiger partial charge in [-0.3, -0.25) is 0 Å². The maximum atomic E-state index is 9.77. The molecule has 1 saturated heterocycles. The van der Waals surface area contributed by atoms with Crippen LogP contribution in [0.2, 0.25) is 0 Å². The van der Waals surface area contributed by atoms with Gasteiger partial charge in [-0.1, -0.05) is 0 Å². The van der Waals surface area contributed by atoms with Crippen molar-refractivity contribution in [3.05, 3.63) is 0 Å². The maximum Gasteiger partial charge on any atom is 0.165 e. The van der Waals surface area contributed by atoms with E-state index in [1.54, 1.807) is 20.8 Å². The molecule has 0 amide bonds. The van der Waals surface area contributed by atoms with Crippen LogP contribution < -0.4 is 0 Å². The normalized spacial score (nSPS) is 52.2. The minimum atomic E-state index is -1.22. The Morgan fingerprint density at radius 2 is 2.00 bits per heavy atom. The zero-order valence-electron chi connectivity index (χ0n) is 8.57. The topological polar surface area (TPSA) is 58.9 Å². The summed E-state index contributed by atoms with van der Waals surface area (Å²) in [5.41, 5.74) is -0.735. The minimum absolute atomic E-state index is 0.266. The molecule has 1 aliphatic heterocycles. The van der Waals surface area contributed by atoms with Crippen LogP contribution in [0.1, 0.15) is 27.2 Å². The Balaban J connectivity index is 2.84. The first-order valence-electron chi connectivity index (χ1n) is 4.44. The fraction of sp³-hybridized carbons (Fsp3) is 1.00. The van der Waals surface area contributed by atoms with Gasteiger partial charge in [-0.25, -0.2) is 0 Å². The summed E-state index contributed by atoms with van der Waals surface area (Å²) in [5, 5.41) is 19.5. The maximum absolute atomic E-state index is 9.77. The van der Waals surface area contributed by atoms with Gasteiger partial charge < -0.3 is 19.7 Å². The van der Waals surface area contributed by atoms with E-state index >= 15 is 0 Å². The summed E-state index contributed by atoms with van der Waals surface area (Å²) >= 11 is 0. The number of rotatable bonds is 1. The lowest BCUT2D eigenvalue weighted by Crippen LogP contribution is -2.59. The second-order valence-electron chi connectivity index (χ2n) is 4.14. The van der Waals surface area contributed by atoms with E-state index in [2.05, 4.69) is 0 Å². The zero-order chi connectivity index (χ0) is 10.3. The molecule has 1 fully saturated rings. The monoisotopic (exact) mass is 190 g/mol. The second-order valence-corrected chi connectivity index (χ2v) is 4.14. The van der Waals surface area contributed by atoms with Gasteiger partial charge >= 0.3 is 0 Å². The van der Waals surface area contributed by atoms with Crippen molar-refractivity contribution in [1.82, 2.24) is 0 Å². The van der Waals surface area contributed by atoms with E-state index in [1.165, 1.54) is 7.11 Å². The highest BCUT2D eigenvalue weighted by atomic mass is 16.6. The molecule has 0 aromatic rings. The molecular weight excluding hydrogens is 172 g/mol. The molecule has 4 nitrogen and oxygen atoms in total. The van der Waals surface area contributed by atoms with Crippen molar-refractivity contribution in [3.8, 4) is 0 Å². The smallest absolute Gasteiger partial charge is 0.165 e. The summed E-state index contributed by atoms with van der Waals surface area (Å²) in [5.74, 6) is -1.22. The fourth-order valence-electron chi connectivity index (χ4n) is 1.95. The standard InChI is InChI=1S/C9H18O4/c1-6-7(10)8(2,12-4)5-9(3,11)13-6/h6-7,10-11H,5H2,1-4H3/t6-,7-,8+,9+/m0/s1. The highest BCUT2D eigenvalue weighted by molar-refractivity contribution is 4.95. The van der Waals surface area contributed by atoms with Crippen LogP contribution in [-0.4, -0.2) is 40.9 Å². The van der Waals surface area contributed by atoms with Gasteiger partial charge in [0.1, 0.15) is 6.10 Å². The first-order chi connectivity index (χ1) is 5.81. The molecule has 13 heavy (non-hydrogen) atoms. The largest absolute Gasteiger partial charge is 0.387 e. The molecule has 0 radical (unpaired) electrons. The Morgan fingerprint density at radius 1 is 1.46 bits per heavy atom. The van der Waals surface area contributed by atoms with E-state index in [4.69, 9.17) is 9.47 Å². The van der Waals surface area contributed by atoms with Gasteiger partial charge in [-0.05, 0) is 20.8 Å². The minimum Gasteiger partial charge on any atom is -0.387 e. The summed E-state index contributed by atoms with van der Waals surface area (Å²) in [6, 6.07) is 0. The highest BCUT2D eigenvalue weighted by Gasteiger charge is 2.49. The van der Waals surface area contributed by atoms with Gasteiger partial charge in [-0.15, -0.1) is 0 Å². The lowest BCUT2D eigenvalue weighted by Gasteiger charge is -2.47. The van der Waals surface area contributed by atoms with Gasteiger partial charge in [0.15, 0.2) is 5.79 Å². The number of hydrogen-bond donors (Lipinski definition) is 2.